The van der Waals surface area contributed by atoms with Gasteiger partial charge in [-0.05, 0) is 20.1 Å². The molecule has 0 saturated carbocycles. The minimum atomic E-state index is 0. The molecule has 0 bridgehead atoms. The van der Waals surface area contributed by atoms with E-state index in [1.165, 1.54) is 0 Å². The van der Waals surface area contributed by atoms with Crippen LogP contribution in [0.25, 0.3) is 0 Å². The molecule has 0 unspecified atom stereocenters. The van der Waals surface area contributed by atoms with Crippen LogP contribution in [0, 0.1) is 6.10 Å². The average molecular weight is 153 g/mol. The summed E-state index contributed by atoms with van der Waals surface area (Å²) >= 11 is 0. The fourth-order valence-corrected chi connectivity index (χ4v) is 0.877. The molecule has 9 heavy (non-hydrogen) atoms. The summed E-state index contributed by atoms with van der Waals surface area (Å²) in [6.07, 6.45) is 2.41. The second-order valence-electron chi connectivity index (χ2n) is 2.37. The molecule has 3 heteroatoms. The largest absolute Gasteiger partial charge is 1.00 e. The Hall–Kier alpha value is 1.56. The van der Waals surface area contributed by atoms with Gasteiger partial charge in [-0.25, -0.2) is 0 Å². The maximum atomic E-state index is 8.92. The standard InChI is InChI=1S/C6H12NO.K/c1-7-4-2-6(8)3-5-7;/h8H,2-5H2,1H3;/q-1;+1. The van der Waals surface area contributed by atoms with E-state index in [0.29, 0.717) is 6.10 Å². The molecule has 1 heterocycles. The van der Waals surface area contributed by atoms with Crippen LogP contribution in [-0.2, 0) is 0 Å². The Bertz CT molecular complexity index is 61.5. The van der Waals surface area contributed by atoms with Gasteiger partial charge < -0.3 is 10.0 Å². The summed E-state index contributed by atoms with van der Waals surface area (Å²) in [4.78, 5) is 2.22. The first kappa shape index (κ1) is 10.6. The minimum absolute atomic E-state index is 0. The summed E-state index contributed by atoms with van der Waals surface area (Å²) in [6, 6.07) is 0. The third-order valence-corrected chi connectivity index (χ3v) is 1.56. The van der Waals surface area contributed by atoms with Crippen molar-refractivity contribution in [3.8, 4) is 0 Å². The van der Waals surface area contributed by atoms with Crippen LogP contribution in [0.1, 0.15) is 12.8 Å². The fraction of sp³-hybridized carbons (Fsp3) is 0.833. The molecule has 1 aliphatic rings. The average Bonchev–Trinajstić information content (AvgIpc) is 1.77. The quantitative estimate of drug-likeness (QED) is 0.310. The molecule has 2 nitrogen and oxygen atoms in total. The van der Waals surface area contributed by atoms with Gasteiger partial charge in [0.15, 0.2) is 0 Å². The number of hydrogen-bond acceptors (Lipinski definition) is 2. The topological polar surface area (TPSA) is 23.5 Å². The van der Waals surface area contributed by atoms with Crippen molar-refractivity contribution < 1.29 is 56.5 Å². The van der Waals surface area contributed by atoms with Crippen LogP contribution in [0.4, 0.5) is 0 Å². The number of hydrogen-bond donors (Lipinski definition) is 1. The molecular weight excluding hydrogens is 141 g/mol. The van der Waals surface area contributed by atoms with Crippen LogP contribution in [0.3, 0.4) is 0 Å². The van der Waals surface area contributed by atoms with Gasteiger partial charge in [0.05, 0.1) is 0 Å². The molecule has 0 spiro atoms. The van der Waals surface area contributed by atoms with E-state index in [4.69, 9.17) is 5.11 Å². The van der Waals surface area contributed by atoms with Gasteiger partial charge in [0.25, 0.3) is 0 Å². The molecule has 1 saturated heterocycles. The zero-order valence-corrected chi connectivity index (χ0v) is 9.35. The molecule has 0 atom stereocenters. The fourth-order valence-electron chi connectivity index (χ4n) is 0.877. The normalized spacial score (nSPS) is 23.3. The third-order valence-electron chi connectivity index (χ3n) is 1.56. The zero-order chi connectivity index (χ0) is 5.98. The van der Waals surface area contributed by atoms with Gasteiger partial charge in [0.1, 0.15) is 0 Å². The van der Waals surface area contributed by atoms with Crippen molar-refractivity contribution >= 4 is 0 Å². The van der Waals surface area contributed by atoms with E-state index in [0.717, 1.165) is 25.9 Å². The van der Waals surface area contributed by atoms with Crippen LogP contribution in [0.5, 0.6) is 0 Å². The molecule has 1 N–H and O–H groups in total. The summed E-state index contributed by atoms with van der Waals surface area (Å²) in [5.74, 6) is 0. The summed E-state index contributed by atoms with van der Waals surface area (Å²) in [5, 5.41) is 8.92. The molecule has 0 radical (unpaired) electrons. The van der Waals surface area contributed by atoms with Gasteiger partial charge in [-0.2, -0.15) is 6.10 Å². The molecule has 0 aromatic carbocycles. The SMILES string of the molecule is CN1CC[C-](O)CC1.[K+]. The van der Waals surface area contributed by atoms with Crippen LogP contribution in [-0.4, -0.2) is 30.1 Å². The predicted molar refractivity (Wildman–Crippen MR) is 31.9 cm³/mol. The van der Waals surface area contributed by atoms with E-state index in [1.54, 1.807) is 0 Å². The van der Waals surface area contributed by atoms with Crippen molar-refractivity contribution in [3.63, 3.8) is 0 Å². The van der Waals surface area contributed by atoms with Crippen LogP contribution in [0.15, 0.2) is 0 Å². The first-order chi connectivity index (χ1) is 3.79. The molecular formula is C6H12KNO. The Labute approximate surface area is 99.0 Å². The molecule has 0 aliphatic carbocycles. The summed E-state index contributed by atoms with van der Waals surface area (Å²) in [5.41, 5.74) is 0. The number of piperidine rings is 1. The molecule has 1 aliphatic heterocycles. The smallest absolute Gasteiger partial charge is 0.563 e. The van der Waals surface area contributed by atoms with E-state index in [2.05, 4.69) is 11.9 Å². The number of rotatable bonds is 0. The van der Waals surface area contributed by atoms with Gasteiger partial charge in [-0.3, -0.25) is 0 Å². The van der Waals surface area contributed by atoms with Crippen molar-refractivity contribution in [2.24, 2.45) is 0 Å². The number of likely N-dealkylation sites (tertiary alicyclic amines) is 1. The van der Waals surface area contributed by atoms with E-state index >= 15 is 0 Å². The van der Waals surface area contributed by atoms with Crippen molar-refractivity contribution in [1.29, 1.82) is 0 Å². The maximum Gasteiger partial charge on any atom is 1.00 e. The molecule has 48 valence electrons. The van der Waals surface area contributed by atoms with Crippen molar-refractivity contribution in [3.05, 3.63) is 6.10 Å². The van der Waals surface area contributed by atoms with Gasteiger partial charge in [0.2, 0.25) is 0 Å². The van der Waals surface area contributed by atoms with Crippen molar-refractivity contribution in [1.82, 2.24) is 4.90 Å². The monoisotopic (exact) mass is 153 g/mol. The summed E-state index contributed by atoms with van der Waals surface area (Å²) in [7, 11) is 2.08. The van der Waals surface area contributed by atoms with Gasteiger partial charge in [-0.1, -0.05) is 0 Å². The molecule has 1 rings (SSSR count). The van der Waals surface area contributed by atoms with Gasteiger partial charge in [0, 0.05) is 0 Å². The molecule has 0 amide bonds. The van der Waals surface area contributed by atoms with E-state index in [-0.39, 0.29) is 51.4 Å². The molecule has 0 aromatic heterocycles. The Kier molecular flexibility index (Phi) is 6.14. The molecule has 0 aromatic rings. The number of aliphatic hydroxyl groups is 1. The number of aliphatic hydroxyl groups excluding tert-OH is 1. The first-order valence-electron chi connectivity index (χ1n) is 3.01. The third kappa shape index (κ3) is 4.09. The summed E-state index contributed by atoms with van der Waals surface area (Å²) < 4.78 is 0. The predicted octanol–water partition coefficient (Wildman–Crippen LogP) is -2.38. The Morgan fingerprint density at radius 1 is 1.33 bits per heavy atom. The zero-order valence-electron chi connectivity index (χ0n) is 6.22. The second-order valence-corrected chi connectivity index (χ2v) is 2.37. The minimum Gasteiger partial charge on any atom is -0.563 e. The first-order valence-corrected chi connectivity index (χ1v) is 3.01. The van der Waals surface area contributed by atoms with Crippen LogP contribution in [0.2, 0.25) is 0 Å². The Morgan fingerprint density at radius 3 is 2.11 bits per heavy atom. The van der Waals surface area contributed by atoms with E-state index in [9.17, 15) is 0 Å². The van der Waals surface area contributed by atoms with Crippen LogP contribution < -0.4 is 51.4 Å². The maximum absolute atomic E-state index is 8.92. The van der Waals surface area contributed by atoms with Crippen molar-refractivity contribution in [2.45, 2.75) is 12.8 Å². The van der Waals surface area contributed by atoms with Gasteiger partial charge in [-0.15, -0.1) is 12.8 Å². The van der Waals surface area contributed by atoms with E-state index < -0.39 is 0 Å². The Morgan fingerprint density at radius 2 is 1.78 bits per heavy atom. The second kappa shape index (κ2) is 5.24. The van der Waals surface area contributed by atoms with Crippen molar-refractivity contribution in [2.75, 3.05) is 20.1 Å². The number of nitrogens with zero attached hydrogens (tertiary/aromatic N) is 1. The van der Waals surface area contributed by atoms with E-state index in [1.807, 2.05) is 0 Å². The van der Waals surface area contributed by atoms with Crippen LogP contribution >= 0.6 is 0 Å². The van der Waals surface area contributed by atoms with Gasteiger partial charge >= 0.3 is 51.4 Å². The summed E-state index contributed by atoms with van der Waals surface area (Å²) in [6.45, 7) is 2.04. The Balaban J connectivity index is 0.000000640. The molecule has 1 fully saturated rings.